The molecule has 6 atom stereocenters. The molecule has 0 amide bonds. The largest absolute Gasteiger partial charge is 0.443 e. The standard InChI is InChI=1S/C34H48N2O13S/c1-22-12-14-24(15-13-22)50(40,41)46-19-18-44-29-28(48-27-11-7-9-17-43-27)25(21-45-26-10-6-8-16-42-26)47-31(29)35-20-23(2)30(37)36(32(35)38)33(39)49-34(3,4)5/h12-15,20,25-29,31H,6-11,16-19,21H2,1-5H3/t25-,26?,27?,28-,29+,31-/m1/s1. The highest BCUT2D eigenvalue weighted by molar-refractivity contribution is 7.86. The van der Waals surface area contributed by atoms with Crippen LogP contribution >= 0.6 is 0 Å². The number of aryl methyl sites for hydroxylation is 2. The molecule has 3 saturated heterocycles. The summed E-state index contributed by atoms with van der Waals surface area (Å²) in [5, 5.41) is 0. The van der Waals surface area contributed by atoms with Crippen molar-refractivity contribution in [2.75, 3.05) is 33.0 Å². The van der Waals surface area contributed by atoms with Gasteiger partial charge in [-0.05, 0) is 85.3 Å². The fraction of sp³-hybridized carbons (Fsp3) is 0.676. The van der Waals surface area contributed by atoms with Gasteiger partial charge in [-0.15, -0.1) is 0 Å². The molecule has 3 aliphatic heterocycles. The third-order valence-corrected chi connectivity index (χ3v) is 9.72. The Balaban J connectivity index is 1.46. The summed E-state index contributed by atoms with van der Waals surface area (Å²) in [4.78, 5) is 40.1. The Labute approximate surface area is 291 Å². The second-order valence-corrected chi connectivity index (χ2v) is 15.3. The SMILES string of the molecule is Cc1ccc(S(=O)(=O)OCCO[C@H]2[C@H](OC3CCCCO3)[C@@H](COC3CCCCO3)O[C@H]2n2cc(C)c(=O)n(C(=O)OC(C)(C)C)c2=O)cc1. The fourth-order valence-corrected chi connectivity index (χ4v) is 6.79. The van der Waals surface area contributed by atoms with Crippen molar-refractivity contribution < 1.29 is 50.6 Å². The van der Waals surface area contributed by atoms with Gasteiger partial charge in [-0.1, -0.05) is 17.7 Å². The molecular formula is C34H48N2O13S. The van der Waals surface area contributed by atoms with E-state index in [9.17, 15) is 22.8 Å². The van der Waals surface area contributed by atoms with Gasteiger partial charge in [0.15, 0.2) is 18.8 Å². The van der Waals surface area contributed by atoms with Crippen LogP contribution in [0.25, 0.3) is 0 Å². The van der Waals surface area contributed by atoms with Crippen molar-refractivity contribution in [3.8, 4) is 0 Å². The van der Waals surface area contributed by atoms with E-state index >= 15 is 0 Å². The molecule has 2 aromatic rings. The summed E-state index contributed by atoms with van der Waals surface area (Å²) in [5.74, 6) is 0. The van der Waals surface area contributed by atoms with Gasteiger partial charge in [-0.2, -0.15) is 13.0 Å². The maximum absolute atomic E-state index is 13.9. The molecule has 0 radical (unpaired) electrons. The van der Waals surface area contributed by atoms with Crippen LogP contribution < -0.4 is 11.2 Å². The van der Waals surface area contributed by atoms with Crippen LogP contribution in [0.2, 0.25) is 0 Å². The van der Waals surface area contributed by atoms with E-state index in [-0.39, 0.29) is 30.3 Å². The number of ether oxygens (including phenoxy) is 7. The van der Waals surface area contributed by atoms with E-state index in [1.807, 2.05) is 6.92 Å². The lowest BCUT2D eigenvalue weighted by molar-refractivity contribution is -0.225. The van der Waals surface area contributed by atoms with Crippen molar-refractivity contribution in [3.05, 3.63) is 62.4 Å². The van der Waals surface area contributed by atoms with Gasteiger partial charge in [-0.3, -0.25) is 13.5 Å². The minimum absolute atomic E-state index is 0.00382. The van der Waals surface area contributed by atoms with Crippen molar-refractivity contribution in [1.82, 2.24) is 9.13 Å². The number of carbonyl (C=O) groups excluding carboxylic acids is 1. The first-order chi connectivity index (χ1) is 23.7. The van der Waals surface area contributed by atoms with E-state index in [1.54, 1.807) is 32.9 Å². The van der Waals surface area contributed by atoms with E-state index < -0.39 is 70.2 Å². The molecule has 0 saturated carbocycles. The van der Waals surface area contributed by atoms with Crippen molar-refractivity contribution in [2.24, 2.45) is 0 Å². The van der Waals surface area contributed by atoms with Gasteiger partial charge in [-0.25, -0.2) is 9.59 Å². The average Bonchev–Trinajstić information content (AvgIpc) is 3.40. The first-order valence-electron chi connectivity index (χ1n) is 17.0. The number of rotatable bonds is 12. The summed E-state index contributed by atoms with van der Waals surface area (Å²) in [7, 11) is -4.09. The predicted molar refractivity (Wildman–Crippen MR) is 177 cm³/mol. The number of hydrogen-bond acceptors (Lipinski definition) is 13. The second-order valence-electron chi connectivity index (χ2n) is 13.6. The summed E-state index contributed by atoms with van der Waals surface area (Å²) in [5.41, 5.74) is -1.90. The Morgan fingerprint density at radius 3 is 2.18 bits per heavy atom. The third kappa shape index (κ3) is 9.67. The van der Waals surface area contributed by atoms with Gasteiger partial charge < -0.3 is 33.2 Å². The average molecular weight is 725 g/mol. The molecule has 16 heteroatoms. The molecular weight excluding hydrogens is 676 g/mol. The molecule has 1 aromatic heterocycles. The molecule has 5 rings (SSSR count). The van der Waals surface area contributed by atoms with Crippen LogP contribution in [0.5, 0.6) is 0 Å². The van der Waals surface area contributed by atoms with Crippen molar-refractivity contribution in [3.63, 3.8) is 0 Å². The van der Waals surface area contributed by atoms with E-state index in [2.05, 4.69) is 0 Å². The molecule has 0 aliphatic carbocycles. The topological polar surface area (TPSA) is 169 Å². The monoisotopic (exact) mass is 724 g/mol. The molecule has 0 spiro atoms. The molecule has 1 aromatic carbocycles. The molecule has 50 heavy (non-hydrogen) atoms. The molecule has 15 nitrogen and oxygen atoms in total. The Morgan fingerprint density at radius 1 is 0.900 bits per heavy atom. The summed E-state index contributed by atoms with van der Waals surface area (Å²) >= 11 is 0. The molecule has 0 bridgehead atoms. The minimum atomic E-state index is -4.09. The molecule has 4 heterocycles. The summed E-state index contributed by atoms with van der Waals surface area (Å²) in [6.45, 7) is 8.58. The third-order valence-electron chi connectivity index (χ3n) is 8.39. The highest BCUT2D eigenvalue weighted by Crippen LogP contribution is 2.36. The van der Waals surface area contributed by atoms with Crippen LogP contribution in [0.3, 0.4) is 0 Å². The number of benzene rings is 1. The van der Waals surface area contributed by atoms with Gasteiger partial charge in [0, 0.05) is 25.0 Å². The van der Waals surface area contributed by atoms with E-state index in [4.69, 9.17) is 37.3 Å². The smallest absolute Gasteiger partial charge is 0.425 e. The van der Waals surface area contributed by atoms with Gasteiger partial charge in [0.1, 0.15) is 23.9 Å². The maximum atomic E-state index is 13.9. The zero-order valence-corrected chi connectivity index (χ0v) is 30.1. The van der Waals surface area contributed by atoms with Gasteiger partial charge >= 0.3 is 11.8 Å². The van der Waals surface area contributed by atoms with Crippen molar-refractivity contribution in [2.45, 2.75) is 121 Å². The van der Waals surface area contributed by atoms with Crippen LogP contribution in [0.4, 0.5) is 4.79 Å². The Morgan fingerprint density at radius 2 is 1.56 bits per heavy atom. The zero-order chi connectivity index (χ0) is 36.1. The van der Waals surface area contributed by atoms with Crippen LogP contribution in [-0.4, -0.2) is 93.2 Å². The van der Waals surface area contributed by atoms with Gasteiger partial charge in [0.05, 0.1) is 24.7 Å². The Hall–Kier alpha value is -2.96. The molecule has 3 fully saturated rings. The van der Waals surface area contributed by atoms with Crippen LogP contribution in [0.1, 0.15) is 76.7 Å². The maximum Gasteiger partial charge on any atom is 0.425 e. The number of nitrogens with zero attached hydrogens (tertiary/aromatic N) is 2. The number of carbonyl (C=O) groups is 1. The van der Waals surface area contributed by atoms with Crippen LogP contribution in [0, 0.1) is 13.8 Å². The fourth-order valence-electron chi connectivity index (χ4n) is 5.90. The lowest BCUT2D eigenvalue weighted by atomic mass is 10.1. The Bertz CT molecular complexity index is 1670. The van der Waals surface area contributed by atoms with Crippen LogP contribution in [-0.2, 0) is 47.5 Å². The van der Waals surface area contributed by atoms with E-state index in [0.29, 0.717) is 30.6 Å². The second kappa shape index (κ2) is 16.6. The lowest BCUT2D eigenvalue weighted by Crippen LogP contribution is -2.49. The molecule has 2 unspecified atom stereocenters. The number of hydrogen-bond donors (Lipinski definition) is 0. The highest BCUT2D eigenvalue weighted by atomic mass is 32.2. The number of aromatic nitrogens is 2. The Kier molecular flexibility index (Phi) is 12.7. The summed E-state index contributed by atoms with van der Waals surface area (Å²) in [6.07, 6.45) is -0.0639. The quantitative estimate of drug-likeness (QED) is 0.230. The normalized spacial score (nSPS) is 26.2. The van der Waals surface area contributed by atoms with Crippen molar-refractivity contribution >= 4 is 16.2 Å². The summed E-state index contributed by atoms with van der Waals surface area (Å²) < 4.78 is 74.8. The zero-order valence-electron chi connectivity index (χ0n) is 29.2. The molecule has 3 aliphatic rings. The minimum Gasteiger partial charge on any atom is -0.443 e. The molecule has 278 valence electrons. The lowest BCUT2D eigenvalue weighted by Gasteiger charge is -2.31. The van der Waals surface area contributed by atoms with E-state index in [1.165, 1.54) is 25.3 Å². The van der Waals surface area contributed by atoms with Gasteiger partial charge in [0.2, 0.25) is 0 Å². The molecule has 0 N–H and O–H groups in total. The first kappa shape index (κ1) is 38.3. The van der Waals surface area contributed by atoms with Crippen LogP contribution in [0.15, 0.2) is 44.9 Å². The first-order valence-corrected chi connectivity index (χ1v) is 18.5. The van der Waals surface area contributed by atoms with Gasteiger partial charge in [0.25, 0.3) is 15.7 Å². The highest BCUT2D eigenvalue weighted by Gasteiger charge is 2.49. The summed E-state index contributed by atoms with van der Waals surface area (Å²) in [6, 6.07) is 6.24. The van der Waals surface area contributed by atoms with Crippen molar-refractivity contribution in [1.29, 1.82) is 0 Å². The van der Waals surface area contributed by atoms with E-state index in [0.717, 1.165) is 35.8 Å². The predicted octanol–water partition coefficient (Wildman–Crippen LogP) is 3.55.